The van der Waals surface area contributed by atoms with E-state index >= 15 is 0 Å². The topological polar surface area (TPSA) is 202 Å². The van der Waals surface area contributed by atoms with Gasteiger partial charge in [0.2, 0.25) is 0 Å². The maximum atomic E-state index is 10.0. The zero-order chi connectivity index (χ0) is 36.7. The van der Waals surface area contributed by atoms with Crippen molar-refractivity contribution in [2.24, 2.45) is 22.7 Å². The van der Waals surface area contributed by atoms with Crippen LogP contribution >= 0.6 is 0 Å². The van der Waals surface area contributed by atoms with E-state index in [0.717, 1.165) is 50.6 Å². The molecular formula is C40H65KN4O6. The van der Waals surface area contributed by atoms with E-state index in [2.05, 4.69) is 85.1 Å². The molecule has 0 fully saturated rings. The maximum absolute atomic E-state index is 10.0. The van der Waals surface area contributed by atoms with Crippen molar-refractivity contribution in [3.63, 3.8) is 0 Å². The normalized spacial score (nSPS) is 12.6. The fourth-order valence-corrected chi connectivity index (χ4v) is 3.65. The van der Waals surface area contributed by atoms with Crippen LogP contribution < -0.4 is 68.5 Å². The van der Waals surface area contributed by atoms with Gasteiger partial charge in [-0.15, -0.1) is 0 Å². The van der Waals surface area contributed by atoms with E-state index < -0.39 is 0 Å². The number of nitrogens with one attached hydrogen (secondary N) is 1. The van der Waals surface area contributed by atoms with Crippen LogP contribution in [0.15, 0.2) is 114 Å². The molecule has 4 rings (SSSR count). The minimum Gasteiger partial charge on any atom is -0.870 e. The molecule has 0 saturated heterocycles. The van der Waals surface area contributed by atoms with Crippen molar-refractivity contribution in [1.82, 2.24) is 5.43 Å². The zero-order valence-corrected chi connectivity index (χ0v) is 35.2. The van der Waals surface area contributed by atoms with Gasteiger partial charge in [-0.2, -0.15) is 5.10 Å². The Bertz CT molecular complexity index is 1170. The Hall–Kier alpha value is -2.65. The van der Waals surface area contributed by atoms with Gasteiger partial charge < -0.3 is 31.0 Å². The van der Waals surface area contributed by atoms with Gasteiger partial charge in [-0.05, 0) is 56.7 Å². The van der Waals surface area contributed by atoms with Crippen LogP contribution in [0.25, 0.3) is 6.08 Å². The molecule has 51 heavy (non-hydrogen) atoms. The number of unbranched alkanes of at least 4 members (excludes halogenated alkanes) is 1. The van der Waals surface area contributed by atoms with E-state index in [9.17, 15) is 9.59 Å². The Morgan fingerprint density at radius 2 is 1.29 bits per heavy atom. The van der Waals surface area contributed by atoms with Crippen LogP contribution in [-0.4, -0.2) is 54.7 Å². The Labute approximate surface area is 350 Å². The van der Waals surface area contributed by atoms with E-state index in [0.29, 0.717) is 18.4 Å². The predicted octanol–water partition coefficient (Wildman–Crippen LogP) is 4.36. The van der Waals surface area contributed by atoms with E-state index in [1.807, 2.05) is 75.5 Å². The number of hydrazone groups is 1. The van der Waals surface area contributed by atoms with Crippen molar-refractivity contribution in [3.8, 4) is 0 Å². The minimum atomic E-state index is 0. The molecule has 1 heterocycles. The van der Waals surface area contributed by atoms with E-state index in [-0.39, 0.29) is 68.9 Å². The van der Waals surface area contributed by atoms with Crippen molar-refractivity contribution in [1.29, 1.82) is 0 Å². The fraction of sp³-hybridized carbons (Fsp3) is 0.375. The molecule has 10 nitrogen and oxygen atoms in total. The van der Waals surface area contributed by atoms with Crippen LogP contribution in [0, 0.1) is 5.92 Å². The molecule has 2 unspecified atom stereocenters. The summed E-state index contributed by atoms with van der Waals surface area (Å²) < 4.78 is 4.83. The van der Waals surface area contributed by atoms with Crippen molar-refractivity contribution in [3.05, 3.63) is 126 Å². The smallest absolute Gasteiger partial charge is 0.870 e. The first-order valence-electron chi connectivity index (χ1n) is 16.6. The van der Waals surface area contributed by atoms with Crippen molar-refractivity contribution >= 4 is 24.9 Å². The third-order valence-corrected chi connectivity index (χ3v) is 6.11. The van der Waals surface area contributed by atoms with Gasteiger partial charge in [-0.3, -0.25) is 16.5 Å². The number of benzene rings is 3. The third-order valence-electron chi connectivity index (χ3n) is 6.11. The molecular weight excluding hydrogens is 672 g/mol. The fourth-order valence-electron chi connectivity index (χ4n) is 3.65. The summed E-state index contributed by atoms with van der Waals surface area (Å²) in [5, 5.41) is 11.7. The number of nitrogens with two attached hydrogens (primary N) is 2. The first-order valence-corrected chi connectivity index (χ1v) is 16.6. The number of allylic oxidation sites excluding steroid dienone is 2. The minimum absolute atomic E-state index is 0. The molecule has 0 amide bonds. The molecule has 1 aliphatic heterocycles. The molecule has 2 atom stereocenters. The van der Waals surface area contributed by atoms with Crippen LogP contribution in [0.5, 0.6) is 0 Å². The van der Waals surface area contributed by atoms with Crippen LogP contribution in [0.4, 0.5) is 0 Å². The monoisotopic (exact) mass is 736 g/mol. The number of nitrogens with zero attached hydrogens (tertiary/aromatic N) is 1. The predicted molar refractivity (Wildman–Crippen MR) is 211 cm³/mol. The van der Waals surface area contributed by atoms with Crippen molar-refractivity contribution in [2.75, 3.05) is 19.8 Å². The number of aldehydes is 2. The molecule has 11 heteroatoms. The summed E-state index contributed by atoms with van der Waals surface area (Å²) in [7, 11) is 0. The average molecular weight is 737 g/mol. The number of aliphatic hydroxyl groups is 1. The second-order valence-electron chi connectivity index (χ2n) is 9.64. The standard InChI is InChI=1S/C12H14.C11H14N2.C7H6O.C4H10O.C4H8O.C2H6O.K.H4N2.2H2O/c1-3-11(4-2)10-12-8-6-5-7-9-12;1-2-9-8-12-13-11(9)10-6-4-3-5-7-10;8-6-7-4-2-1-3-5-7;1-3-5-4-2;1-2-3-4-5;1-2-3;;1-2;;/h3,5-10H,1,4H2,2H3;3-9,11,13H,2H2,1H3;1-6H;3-4H2,1-2H3;4H,2-3H2,1H3;3H,2H2,1H3;;1-2H2;2*1H2/q;;;;;;+1;;;/p-1/b11-10-;;;;;;;;;. The second kappa shape index (κ2) is 49.5. The molecule has 282 valence electrons. The van der Waals surface area contributed by atoms with Gasteiger partial charge in [-0.1, -0.05) is 130 Å². The van der Waals surface area contributed by atoms with Gasteiger partial charge in [0.25, 0.3) is 0 Å². The number of rotatable bonds is 10. The summed E-state index contributed by atoms with van der Waals surface area (Å²) in [6, 6.07) is 30.3. The number of carbonyl (C=O) groups excluding carboxylic acids is 2. The summed E-state index contributed by atoms with van der Waals surface area (Å²) in [5.74, 6) is 8.54. The van der Waals surface area contributed by atoms with Crippen molar-refractivity contribution in [2.45, 2.75) is 73.3 Å². The summed E-state index contributed by atoms with van der Waals surface area (Å²) in [5.41, 5.74) is 7.72. The Morgan fingerprint density at radius 1 is 0.843 bits per heavy atom. The molecule has 3 aromatic carbocycles. The van der Waals surface area contributed by atoms with E-state index in [1.54, 1.807) is 19.1 Å². The Morgan fingerprint density at radius 3 is 1.59 bits per heavy atom. The first kappa shape index (κ1) is 60.4. The molecule has 9 N–H and O–H groups in total. The number of aliphatic hydroxyl groups excluding tert-OH is 1. The Balaban J connectivity index is -0.000000124. The summed E-state index contributed by atoms with van der Waals surface area (Å²) in [6.45, 7) is 17.7. The molecule has 0 aromatic heterocycles. The summed E-state index contributed by atoms with van der Waals surface area (Å²) in [6.07, 6.45) is 11.7. The molecule has 0 spiro atoms. The largest absolute Gasteiger partial charge is 1.00 e. The van der Waals surface area contributed by atoms with Gasteiger partial charge >= 0.3 is 51.4 Å². The summed E-state index contributed by atoms with van der Waals surface area (Å²) in [4.78, 5) is 19.4. The molecule has 0 radical (unpaired) electrons. The number of hydrogen-bond acceptors (Lipinski definition) is 9. The van der Waals surface area contributed by atoms with Gasteiger partial charge in [0.1, 0.15) is 12.6 Å². The second-order valence-corrected chi connectivity index (χ2v) is 9.64. The summed E-state index contributed by atoms with van der Waals surface area (Å²) >= 11 is 0. The number of hydrogen-bond donors (Lipinski definition) is 4. The first-order chi connectivity index (χ1) is 23.5. The van der Waals surface area contributed by atoms with Gasteiger partial charge in [0.05, 0.1) is 6.04 Å². The van der Waals surface area contributed by atoms with E-state index in [4.69, 9.17) is 9.84 Å². The Kier molecular flexibility index (Phi) is 58.6. The van der Waals surface area contributed by atoms with Gasteiger partial charge in [0.15, 0.2) is 0 Å². The quantitative estimate of drug-likeness (QED) is 0.0773. The SMILES string of the molecule is C=C/C(=C/c1ccccc1)CC.CCC1C=NNC1c1ccccc1.CCCC=O.CCO.CCOCC.NN.O.O=Cc1ccccc1.[K+].[OH-]. The zero-order valence-electron chi connectivity index (χ0n) is 32.1. The molecule has 0 saturated carbocycles. The van der Waals surface area contributed by atoms with Gasteiger partial charge in [0, 0.05) is 43.9 Å². The van der Waals surface area contributed by atoms with E-state index in [1.165, 1.54) is 16.7 Å². The molecule has 0 aliphatic carbocycles. The van der Waals surface area contributed by atoms with Crippen molar-refractivity contribution < 1.29 is 81.8 Å². The van der Waals surface area contributed by atoms with Crippen LogP contribution in [-0.2, 0) is 9.53 Å². The van der Waals surface area contributed by atoms with Crippen LogP contribution in [0.3, 0.4) is 0 Å². The average Bonchev–Trinajstić information content (AvgIpc) is 3.64. The number of carbonyl (C=O) groups is 2. The van der Waals surface area contributed by atoms with Crippen LogP contribution in [0.1, 0.15) is 94.8 Å². The number of ether oxygens (including phenoxy) is 1. The molecule has 3 aromatic rings. The van der Waals surface area contributed by atoms with Gasteiger partial charge in [-0.25, -0.2) is 0 Å². The third kappa shape index (κ3) is 36.9. The number of hydrazine groups is 1. The molecule has 1 aliphatic rings. The molecule has 0 bridgehead atoms. The maximum Gasteiger partial charge on any atom is 1.00 e. The van der Waals surface area contributed by atoms with Crippen LogP contribution in [0.2, 0.25) is 0 Å².